The number of hydrogen-bond acceptors (Lipinski definition) is 3. The van der Waals surface area contributed by atoms with Crippen molar-refractivity contribution in [2.45, 2.75) is 45.6 Å². The number of aryl methyl sites for hydroxylation is 2. The van der Waals surface area contributed by atoms with Gasteiger partial charge in [-0.2, -0.15) is 0 Å². The summed E-state index contributed by atoms with van der Waals surface area (Å²) in [6.07, 6.45) is 6.24. The van der Waals surface area contributed by atoms with Crippen molar-refractivity contribution in [2.24, 2.45) is 0 Å². The Morgan fingerprint density at radius 3 is 2.71 bits per heavy atom. The number of carbonyl (C=O) groups is 1. The number of hydrogen-bond donors (Lipinski definition) is 0. The average molecular weight is 324 g/mol. The number of rotatable bonds is 5. The quantitative estimate of drug-likeness (QED) is 0.792. The van der Waals surface area contributed by atoms with E-state index in [0.29, 0.717) is 6.54 Å². The highest BCUT2D eigenvalue weighted by Gasteiger charge is 2.29. The number of amides is 1. The van der Waals surface area contributed by atoms with E-state index >= 15 is 0 Å². The molecule has 5 heteroatoms. The molecule has 5 nitrogen and oxygen atoms in total. The molecule has 0 spiro atoms. The number of aromatic nitrogens is 3. The van der Waals surface area contributed by atoms with Gasteiger partial charge in [0.1, 0.15) is 5.82 Å². The lowest BCUT2D eigenvalue weighted by Gasteiger charge is -2.26. The first-order valence-electron chi connectivity index (χ1n) is 8.53. The van der Waals surface area contributed by atoms with Crippen molar-refractivity contribution in [3.63, 3.8) is 0 Å². The normalized spacial score (nSPS) is 14.8. The van der Waals surface area contributed by atoms with Gasteiger partial charge in [0, 0.05) is 12.6 Å². The zero-order valence-electron chi connectivity index (χ0n) is 14.4. The standard InChI is InChI=1S/C19H24N4O/c1-4-13-22(16-10-6-7-11-16)19(24)18-20-15(3)23(21-18)17-12-8-5-9-14(17)2/h4-5,8-9,12,16H,1,6-7,10-11,13H2,2-3H3. The van der Waals surface area contributed by atoms with Crippen molar-refractivity contribution < 1.29 is 4.79 Å². The van der Waals surface area contributed by atoms with Crippen molar-refractivity contribution in [2.75, 3.05) is 6.54 Å². The third-order valence-electron chi connectivity index (χ3n) is 4.66. The van der Waals surface area contributed by atoms with Gasteiger partial charge in [-0.15, -0.1) is 11.7 Å². The van der Waals surface area contributed by atoms with Crippen LogP contribution < -0.4 is 0 Å². The highest BCUT2D eigenvalue weighted by molar-refractivity contribution is 5.90. The van der Waals surface area contributed by atoms with E-state index < -0.39 is 0 Å². The molecule has 0 saturated heterocycles. The predicted molar refractivity (Wildman–Crippen MR) is 94.3 cm³/mol. The van der Waals surface area contributed by atoms with Gasteiger partial charge in [0.2, 0.25) is 5.82 Å². The van der Waals surface area contributed by atoms with E-state index in [-0.39, 0.29) is 17.8 Å². The maximum absolute atomic E-state index is 12.9. The first-order valence-corrected chi connectivity index (χ1v) is 8.53. The Labute approximate surface area is 143 Å². The second-order valence-electron chi connectivity index (χ2n) is 6.37. The van der Waals surface area contributed by atoms with Crippen LogP contribution in [0.15, 0.2) is 36.9 Å². The molecule has 1 aromatic carbocycles. The minimum Gasteiger partial charge on any atom is -0.329 e. The van der Waals surface area contributed by atoms with E-state index in [0.717, 1.165) is 29.9 Å². The van der Waals surface area contributed by atoms with Gasteiger partial charge in [0.05, 0.1) is 5.69 Å². The lowest BCUT2D eigenvalue weighted by Crippen LogP contribution is -2.39. The molecule has 2 aromatic rings. The summed E-state index contributed by atoms with van der Waals surface area (Å²) < 4.78 is 1.75. The minimum atomic E-state index is -0.0998. The summed E-state index contributed by atoms with van der Waals surface area (Å²) in [4.78, 5) is 19.2. The molecule has 126 valence electrons. The van der Waals surface area contributed by atoms with Gasteiger partial charge in [0.25, 0.3) is 5.91 Å². The number of nitrogens with zero attached hydrogens (tertiary/aromatic N) is 4. The monoisotopic (exact) mass is 324 g/mol. The summed E-state index contributed by atoms with van der Waals surface area (Å²) in [5, 5.41) is 4.50. The Hall–Kier alpha value is -2.43. The first kappa shape index (κ1) is 16.4. The molecule has 3 rings (SSSR count). The zero-order chi connectivity index (χ0) is 17.1. The maximum Gasteiger partial charge on any atom is 0.294 e. The fourth-order valence-corrected chi connectivity index (χ4v) is 3.39. The summed E-state index contributed by atoms with van der Waals surface area (Å²) in [5.74, 6) is 0.888. The summed E-state index contributed by atoms with van der Waals surface area (Å²) in [5.41, 5.74) is 2.06. The molecular weight excluding hydrogens is 300 g/mol. The highest BCUT2D eigenvalue weighted by Crippen LogP contribution is 2.24. The predicted octanol–water partition coefficient (Wildman–Crippen LogP) is 3.45. The van der Waals surface area contributed by atoms with Crippen LogP contribution in [0.1, 0.15) is 47.7 Å². The van der Waals surface area contributed by atoms with E-state index in [9.17, 15) is 4.79 Å². The van der Waals surface area contributed by atoms with Gasteiger partial charge in [-0.1, -0.05) is 37.1 Å². The molecule has 0 radical (unpaired) electrons. The van der Waals surface area contributed by atoms with Crippen LogP contribution >= 0.6 is 0 Å². The minimum absolute atomic E-state index is 0.0998. The Kier molecular flexibility index (Phi) is 4.79. The number of para-hydroxylation sites is 1. The van der Waals surface area contributed by atoms with Gasteiger partial charge >= 0.3 is 0 Å². The van der Waals surface area contributed by atoms with Crippen molar-refractivity contribution in [1.82, 2.24) is 19.7 Å². The van der Waals surface area contributed by atoms with Crippen LogP contribution in [0, 0.1) is 13.8 Å². The molecule has 0 unspecified atom stereocenters. The second-order valence-corrected chi connectivity index (χ2v) is 6.37. The van der Waals surface area contributed by atoms with Crippen LogP contribution in [0.25, 0.3) is 5.69 Å². The maximum atomic E-state index is 12.9. The molecule has 1 heterocycles. The molecule has 1 saturated carbocycles. The largest absolute Gasteiger partial charge is 0.329 e. The fraction of sp³-hybridized carbons (Fsp3) is 0.421. The molecule has 1 aliphatic carbocycles. The third kappa shape index (κ3) is 3.11. The SMILES string of the molecule is C=CCN(C(=O)c1nc(C)n(-c2ccccc2C)n1)C1CCCC1. The zero-order valence-corrected chi connectivity index (χ0v) is 14.4. The topological polar surface area (TPSA) is 51.0 Å². The molecule has 1 aromatic heterocycles. The molecule has 0 aliphatic heterocycles. The highest BCUT2D eigenvalue weighted by atomic mass is 16.2. The number of carbonyl (C=O) groups excluding carboxylic acids is 1. The van der Waals surface area contributed by atoms with Gasteiger partial charge in [-0.3, -0.25) is 4.79 Å². The van der Waals surface area contributed by atoms with Gasteiger partial charge < -0.3 is 4.90 Å². The molecule has 24 heavy (non-hydrogen) atoms. The van der Waals surface area contributed by atoms with Crippen LogP contribution in [0.3, 0.4) is 0 Å². The van der Waals surface area contributed by atoms with Crippen LogP contribution in [0.4, 0.5) is 0 Å². The summed E-state index contributed by atoms with van der Waals surface area (Å²) in [6.45, 7) is 8.24. The van der Waals surface area contributed by atoms with Crippen molar-refractivity contribution in [1.29, 1.82) is 0 Å². The summed E-state index contributed by atoms with van der Waals surface area (Å²) in [6, 6.07) is 8.25. The van der Waals surface area contributed by atoms with E-state index in [2.05, 4.69) is 16.7 Å². The Bertz CT molecular complexity index is 744. The molecule has 1 fully saturated rings. The van der Waals surface area contributed by atoms with Crippen molar-refractivity contribution in [3.8, 4) is 5.69 Å². The van der Waals surface area contributed by atoms with Gasteiger partial charge in [0.15, 0.2) is 0 Å². The Morgan fingerprint density at radius 2 is 2.04 bits per heavy atom. The van der Waals surface area contributed by atoms with Crippen LogP contribution in [0.5, 0.6) is 0 Å². The smallest absolute Gasteiger partial charge is 0.294 e. The summed E-state index contributed by atoms with van der Waals surface area (Å²) >= 11 is 0. The molecule has 1 amide bonds. The van der Waals surface area contributed by atoms with E-state index in [4.69, 9.17) is 0 Å². The average Bonchev–Trinajstić information content (AvgIpc) is 3.22. The Morgan fingerprint density at radius 1 is 1.33 bits per heavy atom. The van der Waals surface area contributed by atoms with Gasteiger partial charge in [-0.25, -0.2) is 9.67 Å². The third-order valence-corrected chi connectivity index (χ3v) is 4.66. The summed E-state index contributed by atoms with van der Waals surface area (Å²) in [7, 11) is 0. The first-order chi connectivity index (χ1) is 11.6. The molecule has 0 bridgehead atoms. The molecular formula is C19H24N4O. The second kappa shape index (κ2) is 6.99. The Balaban J connectivity index is 1.91. The van der Waals surface area contributed by atoms with Crippen molar-refractivity contribution >= 4 is 5.91 Å². The van der Waals surface area contributed by atoms with Gasteiger partial charge in [-0.05, 0) is 38.3 Å². The van der Waals surface area contributed by atoms with E-state index in [1.54, 1.807) is 10.8 Å². The van der Waals surface area contributed by atoms with Crippen LogP contribution in [-0.2, 0) is 0 Å². The van der Waals surface area contributed by atoms with E-state index in [1.165, 1.54) is 12.8 Å². The fourth-order valence-electron chi connectivity index (χ4n) is 3.39. The lowest BCUT2D eigenvalue weighted by atomic mass is 10.2. The number of benzene rings is 1. The molecule has 1 aliphatic rings. The lowest BCUT2D eigenvalue weighted by molar-refractivity contribution is 0.0694. The van der Waals surface area contributed by atoms with Crippen molar-refractivity contribution in [3.05, 3.63) is 54.1 Å². The molecule has 0 N–H and O–H groups in total. The van der Waals surface area contributed by atoms with E-state index in [1.807, 2.05) is 43.0 Å². The van der Waals surface area contributed by atoms with Crippen LogP contribution in [0.2, 0.25) is 0 Å². The molecule has 0 atom stereocenters. The van der Waals surface area contributed by atoms with Crippen LogP contribution in [-0.4, -0.2) is 38.2 Å².